The second kappa shape index (κ2) is 6.45. The molecule has 0 aliphatic carbocycles. The van der Waals surface area contributed by atoms with E-state index in [4.69, 9.17) is 10.8 Å². The van der Waals surface area contributed by atoms with Crippen molar-refractivity contribution in [1.82, 2.24) is 4.98 Å². The highest BCUT2D eigenvalue weighted by molar-refractivity contribution is 5.98. The van der Waals surface area contributed by atoms with E-state index in [1.54, 1.807) is 6.92 Å². The van der Waals surface area contributed by atoms with Crippen molar-refractivity contribution in [2.45, 2.75) is 13.3 Å². The van der Waals surface area contributed by atoms with Crippen molar-refractivity contribution >= 4 is 23.4 Å². The molecule has 9 heteroatoms. The molecule has 1 rings (SSSR count). The summed E-state index contributed by atoms with van der Waals surface area (Å²) in [5.74, 6) is -2.24. The normalized spacial score (nSPS) is 11.7. The Hall–Kier alpha value is -2.71. The number of nitrogens with one attached hydrogen (secondary N) is 1. The lowest BCUT2D eigenvalue weighted by Crippen LogP contribution is -2.19. The van der Waals surface area contributed by atoms with E-state index in [9.17, 15) is 19.7 Å². The monoisotopic (exact) mass is 282 g/mol. The van der Waals surface area contributed by atoms with Crippen molar-refractivity contribution in [2.24, 2.45) is 11.7 Å². The Morgan fingerprint density at radius 2 is 2.25 bits per heavy atom. The molecule has 9 nitrogen and oxygen atoms in total. The van der Waals surface area contributed by atoms with Gasteiger partial charge in [-0.05, 0) is 6.42 Å². The number of pyridine rings is 1. The molecule has 1 aromatic heterocycles. The number of nitrogens with two attached hydrogens (primary N) is 1. The molecule has 0 aliphatic heterocycles. The smallest absolute Gasteiger partial charge is 0.306 e. The van der Waals surface area contributed by atoms with Crippen LogP contribution in [-0.2, 0) is 4.79 Å². The molecule has 4 N–H and O–H groups in total. The minimum Gasteiger partial charge on any atom is -0.481 e. The number of carbonyl (C=O) groups is 2. The van der Waals surface area contributed by atoms with Crippen LogP contribution >= 0.6 is 0 Å². The van der Waals surface area contributed by atoms with Gasteiger partial charge in [-0.25, -0.2) is 4.98 Å². The molecule has 0 aromatic carbocycles. The lowest BCUT2D eigenvalue weighted by Gasteiger charge is -2.10. The summed E-state index contributed by atoms with van der Waals surface area (Å²) in [7, 11) is 0. The zero-order valence-electron chi connectivity index (χ0n) is 10.7. The summed E-state index contributed by atoms with van der Waals surface area (Å²) < 4.78 is 0. The number of aromatic nitrogens is 1. The number of amides is 1. The van der Waals surface area contributed by atoms with Crippen LogP contribution in [0, 0.1) is 16.0 Å². The zero-order valence-corrected chi connectivity index (χ0v) is 10.7. The molecule has 0 saturated heterocycles. The van der Waals surface area contributed by atoms with Crippen LogP contribution in [0.3, 0.4) is 0 Å². The topological polar surface area (TPSA) is 148 Å². The predicted octanol–water partition coefficient (Wildman–Crippen LogP) is 0.611. The number of nitrogens with zero attached hydrogens (tertiary/aromatic N) is 2. The average Bonchev–Trinajstić information content (AvgIpc) is 2.38. The van der Waals surface area contributed by atoms with Gasteiger partial charge in [-0.15, -0.1) is 0 Å². The lowest BCUT2D eigenvalue weighted by atomic mass is 10.1. The Labute approximate surface area is 114 Å². The van der Waals surface area contributed by atoms with Gasteiger partial charge in [0.15, 0.2) is 0 Å². The maximum absolute atomic E-state index is 11.2. The van der Waals surface area contributed by atoms with Crippen LogP contribution in [-0.4, -0.2) is 33.4 Å². The van der Waals surface area contributed by atoms with Gasteiger partial charge in [0, 0.05) is 12.6 Å². The number of hydrogen-bond acceptors (Lipinski definition) is 6. The van der Waals surface area contributed by atoms with Gasteiger partial charge in [0.05, 0.1) is 16.4 Å². The molecular formula is C11H14N4O5. The molecule has 1 heterocycles. The number of anilines is 1. The molecule has 0 spiro atoms. The summed E-state index contributed by atoms with van der Waals surface area (Å²) in [6.07, 6.45) is 1.31. The van der Waals surface area contributed by atoms with Crippen LogP contribution in [0.25, 0.3) is 0 Å². The van der Waals surface area contributed by atoms with Gasteiger partial charge in [0.2, 0.25) is 0 Å². The van der Waals surface area contributed by atoms with E-state index in [0.717, 1.165) is 12.3 Å². The van der Waals surface area contributed by atoms with E-state index < -0.39 is 22.7 Å². The largest absolute Gasteiger partial charge is 0.481 e. The molecule has 0 radical (unpaired) electrons. The minimum absolute atomic E-state index is 0.0979. The first-order valence-corrected chi connectivity index (χ1v) is 5.73. The van der Waals surface area contributed by atoms with E-state index in [0.29, 0.717) is 6.42 Å². The number of carboxylic acid groups (broad SMARTS) is 1. The molecule has 0 saturated carbocycles. The zero-order chi connectivity index (χ0) is 15.3. The van der Waals surface area contributed by atoms with Crippen molar-refractivity contribution in [1.29, 1.82) is 0 Å². The average molecular weight is 282 g/mol. The molecule has 1 unspecified atom stereocenters. The van der Waals surface area contributed by atoms with Gasteiger partial charge >= 0.3 is 5.97 Å². The number of carboxylic acids is 1. The molecule has 0 aliphatic rings. The number of nitro groups is 1. The third-order valence-corrected chi connectivity index (χ3v) is 2.64. The Morgan fingerprint density at radius 3 is 2.75 bits per heavy atom. The Kier molecular flexibility index (Phi) is 4.95. The van der Waals surface area contributed by atoms with Gasteiger partial charge in [-0.1, -0.05) is 6.92 Å². The van der Waals surface area contributed by atoms with Crippen LogP contribution in [0.4, 0.5) is 11.5 Å². The highest BCUT2D eigenvalue weighted by atomic mass is 16.6. The maximum Gasteiger partial charge on any atom is 0.306 e. The van der Waals surface area contributed by atoms with Gasteiger partial charge in [0.25, 0.3) is 11.6 Å². The summed E-state index contributed by atoms with van der Waals surface area (Å²) in [4.78, 5) is 35.5. The fraction of sp³-hybridized carbons (Fsp3) is 0.364. The summed E-state index contributed by atoms with van der Waals surface area (Å²) in [5, 5.41) is 22.1. The van der Waals surface area contributed by atoms with Crippen molar-refractivity contribution in [3.8, 4) is 0 Å². The molecule has 108 valence electrons. The van der Waals surface area contributed by atoms with E-state index in [1.807, 2.05) is 0 Å². The number of carbonyl (C=O) groups excluding carboxylic acids is 1. The quantitative estimate of drug-likeness (QED) is 0.490. The van der Waals surface area contributed by atoms with Crippen molar-refractivity contribution in [3.63, 3.8) is 0 Å². The van der Waals surface area contributed by atoms with Crippen LogP contribution in [0.5, 0.6) is 0 Å². The molecule has 0 bridgehead atoms. The number of aliphatic carboxylic acids is 1. The van der Waals surface area contributed by atoms with Gasteiger partial charge in [-0.2, -0.15) is 0 Å². The van der Waals surface area contributed by atoms with E-state index >= 15 is 0 Å². The second-order valence-electron chi connectivity index (χ2n) is 4.17. The Bertz CT molecular complexity index is 546. The second-order valence-corrected chi connectivity index (χ2v) is 4.17. The summed E-state index contributed by atoms with van der Waals surface area (Å²) in [6.45, 7) is 1.79. The molecule has 1 aromatic rings. The minimum atomic E-state index is -0.932. The Morgan fingerprint density at radius 1 is 1.60 bits per heavy atom. The SMILES string of the molecule is CC(CCNc1ncc([N+](=O)[O-])cc1C(N)=O)C(=O)O. The van der Waals surface area contributed by atoms with Crippen LogP contribution in [0.15, 0.2) is 12.3 Å². The molecular weight excluding hydrogens is 268 g/mol. The van der Waals surface area contributed by atoms with E-state index in [2.05, 4.69) is 10.3 Å². The van der Waals surface area contributed by atoms with Gasteiger partial charge in [-0.3, -0.25) is 19.7 Å². The van der Waals surface area contributed by atoms with Crippen molar-refractivity contribution in [2.75, 3.05) is 11.9 Å². The molecule has 1 amide bonds. The third kappa shape index (κ3) is 3.90. The van der Waals surface area contributed by atoms with Gasteiger partial charge < -0.3 is 16.2 Å². The first-order valence-electron chi connectivity index (χ1n) is 5.73. The summed E-state index contributed by atoms with van der Waals surface area (Å²) in [6, 6.07) is 1.03. The van der Waals surface area contributed by atoms with E-state index in [1.165, 1.54) is 0 Å². The fourth-order valence-corrected chi connectivity index (χ4v) is 1.41. The summed E-state index contributed by atoms with van der Waals surface area (Å²) in [5.41, 5.74) is 4.67. The predicted molar refractivity (Wildman–Crippen MR) is 69.3 cm³/mol. The lowest BCUT2D eigenvalue weighted by molar-refractivity contribution is -0.385. The summed E-state index contributed by atoms with van der Waals surface area (Å²) >= 11 is 0. The highest BCUT2D eigenvalue weighted by Gasteiger charge is 2.16. The van der Waals surface area contributed by atoms with E-state index in [-0.39, 0.29) is 23.6 Å². The third-order valence-electron chi connectivity index (χ3n) is 2.64. The molecule has 0 fully saturated rings. The van der Waals surface area contributed by atoms with Crippen LogP contribution < -0.4 is 11.1 Å². The number of primary amides is 1. The standard InChI is InChI=1S/C11H14N4O5/c1-6(11(17)18)2-3-13-10-8(9(12)16)4-7(5-14-10)15(19)20/h4-6H,2-3H2,1H3,(H2,12,16)(H,13,14)(H,17,18). The first kappa shape index (κ1) is 15.3. The van der Waals surface area contributed by atoms with Crippen molar-refractivity contribution < 1.29 is 19.6 Å². The molecule has 20 heavy (non-hydrogen) atoms. The first-order chi connectivity index (χ1) is 9.32. The van der Waals surface area contributed by atoms with Crippen LogP contribution in [0.1, 0.15) is 23.7 Å². The van der Waals surface area contributed by atoms with Crippen LogP contribution in [0.2, 0.25) is 0 Å². The van der Waals surface area contributed by atoms with Gasteiger partial charge in [0.1, 0.15) is 12.0 Å². The number of hydrogen-bond donors (Lipinski definition) is 3. The fourth-order valence-electron chi connectivity index (χ4n) is 1.41. The van der Waals surface area contributed by atoms with Crippen molar-refractivity contribution in [3.05, 3.63) is 27.9 Å². The molecule has 1 atom stereocenters. The highest BCUT2D eigenvalue weighted by Crippen LogP contribution is 2.18. The number of rotatable bonds is 7. The Balaban J connectivity index is 2.82. The maximum atomic E-state index is 11.2.